The molecule has 6 aliphatic rings. The van der Waals surface area contributed by atoms with Gasteiger partial charge in [0, 0.05) is 16.5 Å². The van der Waals surface area contributed by atoms with Crippen LogP contribution in [0.4, 0.5) is 0 Å². The van der Waals surface area contributed by atoms with Crippen molar-refractivity contribution in [3.8, 4) is 0 Å². The number of fused-ring (bicyclic) bond motifs is 7. The molecule has 0 aromatic heterocycles. The fourth-order valence-corrected chi connectivity index (χ4v) is 11.1. The van der Waals surface area contributed by atoms with Crippen LogP contribution in [0.15, 0.2) is 11.1 Å². The van der Waals surface area contributed by atoms with Crippen molar-refractivity contribution < 1.29 is 4.74 Å². The van der Waals surface area contributed by atoms with Gasteiger partial charge >= 0.3 is 0 Å². The summed E-state index contributed by atoms with van der Waals surface area (Å²) in [6, 6.07) is 0. The summed E-state index contributed by atoms with van der Waals surface area (Å²) in [5, 5.41) is 0. The summed E-state index contributed by atoms with van der Waals surface area (Å²) in [6.07, 6.45) is 14.5. The van der Waals surface area contributed by atoms with Gasteiger partial charge in [-0.25, -0.2) is 0 Å². The predicted molar refractivity (Wildman–Crippen MR) is 154 cm³/mol. The van der Waals surface area contributed by atoms with Crippen molar-refractivity contribution in [3.63, 3.8) is 0 Å². The molecule has 0 aromatic rings. The number of epoxide rings is 1. The molecule has 5 fully saturated rings. The maximum atomic E-state index is 7.75. The van der Waals surface area contributed by atoms with Crippen LogP contribution in [0, 0.1) is 39.9 Å². The smallest absolute Gasteiger partial charge is 0.0903 e. The third-order valence-electron chi connectivity index (χ3n) is 12.8. The lowest BCUT2D eigenvalue weighted by molar-refractivity contribution is -0.177. The second kappa shape index (κ2) is 9.67. The Morgan fingerprint density at radius 3 is 2.08 bits per heavy atom. The molecule has 36 heavy (non-hydrogen) atoms. The van der Waals surface area contributed by atoms with Crippen molar-refractivity contribution in [2.45, 2.75) is 150 Å². The predicted octanol–water partition coefficient (Wildman–Crippen LogP) is 8.01. The molecule has 4 N–H and O–H groups in total. The van der Waals surface area contributed by atoms with Gasteiger partial charge < -0.3 is 16.2 Å². The molecule has 0 radical (unpaired) electrons. The number of hydrogen-bond donors (Lipinski definition) is 2. The second-order valence-corrected chi connectivity index (χ2v) is 14.0. The number of nitrogens with two attached hydrogens (primary N) is 2. The molecule has 0 aromatic carbocycles. The Balaban J connectivity index is 0.000000726. The van der Waals surface area contributed by atoms with E-state index in [1.54, 1.807) is 11.1 Å². The van der Waals surface area contributed by atoms with E-state index in [1.165, 1.54) is 64.2 Å². The Kier molecular flexibility index (Phi) is 7.69. The van der Waals surface area contributed by atoms with E-state index >= 15 is 0 Å². The van der Waals surface area contributed by atoms with Gasteiger partial charge in [0.2, 0.25) is 0 Å². The SMILES string of the molecule is CC.CC.CC(C)C1=C2C3(N)CCC4C(C)(CCC5(N)C(C)CCCC45C)C3CCC2(C2CO2)CC1. The molecule has 1 aliphatic heterocycles. The standard InChI is InChI=1S/C29H48N2O.2C2H6/c1-18(2)20-8-12-27(23-17-32-23)13-9-22-25(4)15-16-29(31)19(3)7-6-11-26(29,5)21(25)10-14-28(22,30)24(20)27;2*1-2/h18-19,21-23H,6-17,30-31H2,1-5H3;2*1-2H3. The first-order chi connectivity index (χ1) is 17.0. The van der Waals surface area contributed by atoms with Gasteiger partial charge in [-0.1, -0.05) is 74.3 Å². The van der Waals surface area contributed by atoms with E-state index in [1.807, 2.05) is 27.7 Å². The Morgan fingerprint density at radius 1 is 0.833 bits per heavy atom. The van der Waals surface area contributed by atoms with Crippen LogP contribution in [0.1, 0.15) is 133 Å². The maximum Gasteiger partial charge on any atom is 0.0903 e. The molecule has 0 bridgehead atoms. The summed E-state index contributed by atoms with van der Waals surface area (Å²) in [7, 11) is 0. The van der Waals surface area contributed by atoms with Crippen molar-refractivity contribution in [2.75, 3.05) is 6.61 Å². The van der Waals surface area contributed by atoms with Crippen molar-refractivity contribution in [3.05, 3.63) is 11.1 Å². The van der Waals surface area contributed by atoms with Crippen LogP contribution in [-0.4, -0.2) is 23.8 Å². The van der Waals surface area contributed by atoms with Crippen molar-refractivity contribution in [2.24, 2.45) is 51.4 Å². The Hall–Kier alpha value is -0.380. The average molecular weight is 501 g/mol. The summed E-state index contributed by atoms with van der Waals surface area (Å²) in [5.74, 6) is 2.56. The van der Waals surface area contributed by atoms with Crippen LogP contribution in [0.3, 0.4) is 0 Å². The number of allylic oxidation sites excluding steroid dienone is 1. The van der Waals surface area contributed by atoms with Crippen molar-refractivity contribution >= 4 is 0 Å². The molecule has 1 heterocycles. The molecule has 3 heteroatoms. The van der Waals surface area contributed by atoms with Gasteiger partial charge in [0.15, 0.2) is 0 Å². The fourth-order valence-electron chi connectivity index (χ4n) is 11.1. The average Bonchev–Trinajstić information content (AvgIpc) is 3.64. The molecule has 9 atom stereocenters. The summed E-state index contributed by atoms with van der Waals surface area (Å²) < 4.78 is 6.04. The Labute approximate surface area is 223 Å². The molecule has 208 valence electrons. The van der Waals surface area contributed by atoms with Crippen LogP contribution in [0.25, 0.3) is 0 Å². The van der Waals surface area contributed by atoms with Crippen LogP contribution in [0.5, 0.6) is 0 Å². The summed E-state index contributed by atoms with van der Waals surface area (Å²) in [6.45, 7) is 21.5. The quantitative estimate of drug-likeness (QED) is 0.298. The largest absolute Gasteiger partial charge is 0.372 e. The number of hydrogen-bond acceptors (Lipinski definition) is 3. The lowest BCUT2D eigenvalue weighted by Gasteiger charge is -2.71. The maximum absolute atomic E-state index is 7.75. The van der Waals surface area contributed by atoms with Crippen molar-refractivity contribution in [1.29, 1.82) is 0 Å². The third-order valence-corrected chi connectivity index (χ3v) is 12.8. The van der Waals surface area contributed by atoms with E-state index in [0.29, 0.717) is 35.2 Å². The highest BCUT2D eigenvalue weighted by molar-refractivity contribution is 5.44. The van der Waals surface area contributed by atoms with E-state index in [-0.39, 0.29) is 21.9 Å². The van der Waals surface area contributed by atoms with E-state index in [0.717, 1.165) is 13.0 Å². The van der Waals surface area contributed by atoms with Crippen LogP contribution >= 0.6 is 0 Å². The zero-order valence-electron chi connectivity index (χ0n) is 25.4. The third kappa shape index (κ3) is 3.60. The first kappa shape index (κ1) is 28.6. The van der Waals surface area contributed by atoms with Crippen LogP contribution < -0.4 is 11.5 Å². The van der Waals surface area contributed by atoms with Crippen LogP contribution in [-0.2, 0) is 4.74 Å². The van der Waals surface area contributed by atoms with Gasteiger partial charge in [-0.3, -0.25) is 0 Å². The number of ether oxygens (including phenoxy) is 1. The summed E-state index contributed by atoms with van der Waals surface area (Å²) in [5.41, 5.74) is 19.2. The van der Waals surface area contributed by atoms with E-state index in [2.05, 4.69) is 34.6 Å². The van der Waals surface area contributed by atoms with Gasteiger partial charge in [0.05, 0.1) is 12.7 Å². The highest BCUT2D eigenvalue weighted by Gasteiger charge is 2.71. The Bertz CT molecular complexity index is 847. The van der Waals surface area contributed by atoms with E-state index < -0.39 is 0 Å². The molecule has 1 saturated heterocycles. The van der Waals surface area contributed by atoms with Gasteiger partial charge in [-0.2, -0.15) is 0 Å². The molecular formula is C33H60N2O. The molecule has 0 amide bonds. The van der Waals surface area contributed by atoms with Crippen LogP contribution in [0.2, 0.25) is 0 Å². The van der Waals surface area contributed by atoms with Gasteiger partial charge in [-0.05, 0) is 104 Å². The molecule has 0 spiro atoms. The molecule has 5 aliphatic carbocycles. The highest BCUT2D eigenvalue weighted by atomic mass is 16.6. The van der Waals surface area contributed by atoms with E-state index in [9.17, 15) is 0 Å². The van der Waals surface area contributed by atoms with Gasteiger partial charge in [0.25, 0.3) is 0 Å². The Morgan fingerprint density at radius 2 is 1.47 bits per heavy atom. The monoisotopic (exact) mass is 500 g/mol. The van der Waals surface area contributed by atoms with Gasteiger partial charge in [-0.15, -0.1) is 0 Å². The minimum atomic E-state index is -0.128. The number of rotatable bonds is 2. The van der Waals surface area contributed by atoms with E-state index in [4.69, 9.17) is 16.2 Å². The zero-order valence-corrected chi connectivity index (χ0v) is 25.4. The first-order valence-electron chi connectivity index (χ1n) is 16.0. The van der Waals surface area contributed by atoms with Gasteiger partial charge in [0.1, 0.15) is 0 Å². The summed E-state index contributed by atoms with van der Waals surface area (Å²) >= 11 is 0. The molecule has 4 saturated carbocycles. The first-order valence-corrected chi connectivity index (χ1v) is 16.0. The lowest BCUT2D eigenvalue weighted by atomic mass is 9.35. The summed E-state index contributed by atoms with van der Waals surface area (Å²) in [4.78, 5) is 0. The second-order valence-electron chi connectivity index (χ2n) is 14.0. The molecule has 3 nitrogen and oxygen atoms in total. The topological polar surface area (TPSA) is 64.6 Å². The molecule has 6 rings (SSSR count). The zero-order chi connectivity index (χ0) is 26.7. The highest BCUT2D eigenvalue weighted by Crippen LogP contribution is 2.73. The minimum absolute atomic E-state index is 0.0139. The normalized spacial score (nSPS) is 51.0. The lowest BCUT2D eigenvalue weighted by Crippen LogP contribution is -2.74. The molecular weight excluding hydrogens is 440 g/mol. The minimum Gasteiger partial charge on any atom is -0.372 e. The fraction of sp³-hybridized carbons (Fsp3) is 0.939. The molecule has 9 unspecified atom stereocenters. The van der Waals surface area contributed by atoms with Crippen molar-refractivity contribution in [1.82, 2.24) is 0 Å².